The first kappa shape index (κ1) is 15.1. The fourth-order valence-electron chi connectivity index (χ4n) is 1.30. The maximum atomic E-state index is 11.8. The van der Waals surface area contributed by atoms with Gasteiger partial charge in [0.1, 0.15) is 0 Å². The predicted octanol–water partition coefficient (Wildman–Crippen LogP) is 4.25. The molecule has 18 heavy (non-hydrogen) atoms. The van der Waals surface area contributed by atoms with Gasteiger partial charge in [0.25, 0.3) is 0 Å². The second kappa shape index (κ2) is 7.47. The summed E-state index contributed by atoms with van der Waals surface area (Å²) < 4.78 is 5.22. The summed E-state index contributed by atoms with van der Waals surface area (Å²) in [5.74, 6) is 1.85. The van der Waals surface area contributed by atoms with Crippen molar-refractivity contribution in [3.8, 4) is 0 Å². The van der Waals surface area contributed by atoms with Crippen LogP contribution in [0.2, 0.25) is 0 Å². The van der Waals surface area contributed by atoms with Crippen molar-refractivity contribution in [3.63, 3.8) is 0 Å². The van der Waals surface area contributed by atoms with Crippen LogP contribution in [0.3, 0.4) is 0 Å². The van der Waals surface area contributed by atoms with Crippen molar-refractivity contribution >= 4 is 17.7 Å². The number of ether oxygens (including phenoxy) is 1. The van der Waals surface area contributed by atoms with Crippen molar-refractivity contribution in [2.24, 2.45) is 11.8 Å². The van der Waals surface area contributed by atoms with E-state index in [0.717, 1.165) is 10.6 Å². The Bertz CT molecular complexity index is 386. The molecule has 2 nitrogen and oxygen atoms in total. The molecule has 0 heterocycles. The van der Waals surface area contributed by atoms with Gasteiger partial charge in [-0.1, -0.05) is 33.8 Å². The molecule has 0 aliphatic heterocycles. The Balaban J connectivity index is 2.60. The number of hydrogen-bond donors (Lipinski definition) is 0. The zero-order valence-corrected chi connectivity index (χ0v) is 12.4. The normalized spacial score (nSPS) is 11.0. The maximum Gasteiger partial charge on any atom is 0.338 e. The third-order valence-corrected chi connectivity index (χ3v) is 3.62. The minimum absolute atomic E-state index is 0.226. The molecule has 0 bridgehead atoms. The van der Waals surface area contributed by atoms with Gasteiger partial charge in [-0.2, -0.15) is 0 Å². The molecule has 0 aliphatic rings. The number of thioether (sulfide) groups is 1. The first-order valence-electron chi connectivity index (χ1n) is 6.39. The van der Waals surface area contributed by atoms with Gasteiger partial charge in [-0.15, -0.1) is 11.8 Å². The van der Waals surface area contributed by atoms with E-state index in [1.807, 2.05) is 38.1 Å². The summed E-state index contributed by atoms with van der Waals surface area (Å²) in [6, 6.07) is 7.67. The monoisotopic (exact) mass is 266 g/mol. The summed E-state index contributed by atoms with van der Waals surface area (Å²) in [6.45, 7) is 8.91. The van der Waals surface area contributed by atoms with E-state index in [0.29, 0.717) is 24.0 Å². The van der Waals surface area contributed by atoms with Crippen molar-refractivity contribution in [1.82, 2.24) is 0 Å². The maximum absolute atomic E-state index is 11.8. The molecule has 1 aromatic carbocycles. The van der Waals surface area contributed by atoms with Crippen LogP contribution in [-0.2, 0) is 4.74 Å². The number of carbonyl (C=O) groups is 1. The standard InChI is InChI=1S/C15H22O2S/c1-11(2)9-17-15(16)13-6-5-7-14(8-13)18-10-12(3)4/h5-8,11-12H,9-10H2,1-4H3. The molecular formula is C15H22O2S. The van der Waals surface area contributed by atoms with Crippen molar-refractivity contribution < 1.29 is 9.53 Å². The highest BCUT2D eigenvalue weighted by Crippen LogP contribution is 2.22. The second-order valence-corrected chi connectivity index (χ2v) is 6.32. The van der Waals surface area contributed by atoms with Gasteiger partial charge in [-0.25, -0.2) is 4.79 Å². The van der Waals surface area contributed by atoms with Crippen LogP contribution >= 0.6 is 11.8 Å². The lowest BCUT2D eigenvalue weighted by atomic mass is 10.2. The number of carbonyl (C=O) groups excluding carboxylic acids is 1. The van der Waals surface area contributed by atoms with Crippen LogP contribution in [0.5, 0.6) is 0 Å². The fourth-order valence-corrected chi connectivity index (χ4v) is 2.21. The summed E-state index contributed by atoms with van der Waals surface area (Å²) in [6.07, 6.45) is 0. The first-order chi connectivity index (χ1) is 8.49. The average Bonchev–Trinajstić information content (AvgIpc) is 2.33. The third-order valence-electron chi connectivity index (χ3n) is 2.20. The van der Waals surface area contributed by atoms with Gasteiger partial charge in [0.2, 0.25) is 0 Å². The van der Waals surface area contributed by atoms with Crippen LogP contribution in [0.15, 0.2) is 29.2 Å². The number of rotatable bonds is 6. The highest BCUT2D eigenvalue weighted by molar-refractivity contribution is 7.99. The van der Waals surface area contributed by atoms with Crippen molar-refractivity contribution in [2.75, 3.05) is 12.4 Å². The molecular weight excluding hydrogens is 244 g/mol. The Morgan fingerprint density at radius 3 is 2.56 bits per heavy atom. The Labute approximate surface area is 114 Å². The lowest BCUT2D eigenvalue weighted by molar-refractivity contribution is 0.0458. The molecule has 0 unspecified atom stereocenters. The Morgan fingerprint density at radius 2 is 1.94 bits per heavy atom. The number of esters is 1. The van der Waals surface area contributed by atoms with Crippen LogP contribution in [0, 0.1) is 11.8 Å². The molecule has 0 spiro atoms. The molecule has 0 radical (unpaired) electrons. The lowest BCUT2D eigenvalue weighted by Crippen LogP contribution is -2.10. The highest BCUT2D eigenvalue weighted by atomic mass is 32.2. The zero-order valence-electron chi connectivity index (χ0n) is 11.6. The van der Waals surface area contributed by atoms with E-state index in [1.165, 1.54) is 0 Å². The zero-order chi connectivity index (χ0) is 13.5. The molecule has 0 N–H and O–H groups in total. The van der Waals surface area contributed by atoms with E-state index >= 15 is 0 Å². The minimum atomic E-state index is -0.226. The minimum Gasteiger partial charge on any atom is -0.462 e. The molecule has 3 heteroatoms. The number of hydrogen-bond acceptors (Lipinski definition) is 3. The van der Waals surface area contributed by atoms with Crippen LogP contribution in [0.25, 0.3) is 0 Å². The van der Waals surface area contributed by atoms with E-state index in [-0.39, 0.29) is 5.97 Å². The third kappa shape index (κ3) is 5.58. The SMILES string of the molecule is CC(C)COC(=O)c1cccc(SCC(C)C)c1. The molecule has 0 atom stereocenters. The largest absolute Gasteiger partial charge is 0.462 e. The van der Waals surface area contributed by atoms with Crippen molar-refractivity contribution in [2.45, 2.75) is 32.6 Å². The molecule has 0 saturated carbocycles. The van der Waals surface area contributed by atoms with Crippen LogP contribution in [0.1, 0.15) is 38.1 Å². The van der Waals surface area contributed by atoms with Gasteiger partial charge < -0.3 is 4.74 Å². The fraction of sp³-hybridized carbons (Fsp3) is 0.533. The highest BCUT2D eigenvalue weighted by Gasteiger charge is 2.09. The molecule has 0 saturated heterocycles. The Kier molecular flexibility index (Phi) is 6.27. The molecule has 0 aromatic heterocycles. The van der Waals surface area contributed by atoms with E-state index in [1.54, 1.807) is 11.8 Å². The smallest absolute Gasteiger partial charge is 0.338 e. The van der Waals surface area contributed by atoms with Gasteiger partial charge in [0.05, 0.1) is 12.2 Å². The first-order valence-corrected chi connectivity index (χ1v) is 7.37. The molecule has 100 valence electrons. The average molecular weight is 266 g/mol. The molecule has 0 aliphatic carbocycles. The van der Waals surface area contributed by atoms with Crippen LogP contribution in [-0.4, -0.2) is 18.3 Å². The number of benzene rings is 1. The quantitative estimate of drug-likeness (QED) is 0.569. The van der Waals surface area contributed by atoms with E-state index in [4.69, 9.17) is 4.74 Å². The molecule has 0 amide bonds. The summed E-state index contributed by atoms with van der Waals surface area (Å²) in [5, 5.41) is 0. The predicted molar refractivity (Wildman–Crippen MR) is 77.1 cm³/mol. The summed E-state index contributed by atoms with van der Waals surface area (Å²) in [7, 11) is 0. The lowest BCUT2D eigenvalue weighted by Gasteiger charge is -2.09. The molecule has 0 fully saturated rings. The summed E-state index contributed by atoms with van der Waals surface area (Å²) in [4.78, 5) is 12.9. The van der Waals surface area contributed by atoms with Gasteiger partial charge in [-0.3, -0.25) is 0 Å². The van der Waals surface area contributed by atoms with Gasteiger partial charge in [-0.05, 0) is 30.0 Å². The topological polar surface area (TPSA) is 26.3 Å². The Hall–Kier alpha value is -0.960. The van der Waals surface area contributed by atoms with E-state index in [9.17, 15) is 4.79 Å². The van der Waals surface area contributed by atoms with Gasteiger partial charge >= 0.3 is 5.97 Å². The molecule has 1 rings (SSSR count). The second-order valence-electron chi connectivity index (χ2n) is 5.22. The van der Waals surface area contributed by atoms with Crippen LogP contribution < -0.4 is 0 Å². The van der Waals surface area contributed by atoms with Gasteiger partial charge in [0, 0.05) is 10.6 Å². The van der Waals surface area contributed by atoms with Crippen molar-refractivity contribution in [1.29, 1.82) is 0 Å². The van der Waals surface area contributed by atoms with E-state index in [2.05, 4.69) is 13.8 Å². The summed E-state index contributed by atoms with van der Waals surface area (Å²) >= 11 is 1.78. The van der Waals surface area contributed by atoms with Gasteiger partial charge in [0.15, 0.2) is 0 Å². The summed E-state index contributed by atoms with van der Waals surface area (Å²) in [5.41, 5.74) is 0.643. The molecule has 1 aromatic rings. The van der Waals surface area contributed by atoms with Crippen molar-refractivity contribution in [3.05, 3.63) is 29.8 Å². The van der Waals surface area contributed by atoms with E-state index < -0.39 is 0 Å². The Morgan fingerprint density at radius 1 is 1.22 bits per heavy atom. The van der Waals surface area contributed by atoms with Crippen LogP contribution in [0.4, 0.5) is 0 Å².